The molecule has 1 aromatic carbocycles. The van der Waals surface area contributed by atoms with Crippen LogP contribution >= 0.6 is 27.3 Å². The van der Waals surface area contributed by atoms with Crippen molar-refractivity contribution < 1.29 is 0 Å². The summed E-state index contributed by atoms with van der Waals surface area (Å²) in [4.78, 5) is 0. The van der Waals surface area contributed by atoms with Gasteiger partial charge < -0.3 is 5.32 Å². The van der Waals surface area contributed by atoms with Crippen molar-refractivity contribution >= 4 is 27.3 Å². The SMILES string of the molecule is CNC(c1cscc1Br)C1(c2ccccc2)CCCC1. The van der Waals surface area contributed by atoms with Crippen LogP contribution < -0.4 is 5.32 Å². The molecule has 1 aliphatic rings. The van der Waals surface area contributed by atoms with E-state index in [-0.39, 0.29) is 5.41 Å². The van der Waals surface area contributed by atoms with Gasteiger partial charge in [-0.15, -0.1) is 0 Å². The standard InChI is InChI=1S/C17H20BrNS/c1-19-16(14-11-20-12-15(14)18)17(9-5-6-10-17)13-7-3-2-4-8-13/h2-4,7-8,11-12,16,19H,5-6,9-10H2,1H3. The Bertz CT molecular complexity index is 557. The zero-order valence-electron chi connectivity index (χ0n) is 11.7. The molecular formula is C17H20BrNS. The van der Waals surface area contributed by atoms with E-state index in [1.165, 1.54) is 41.3 Å². The van der Waals surface area contributed by atoms with E-state index in [9.17, 15) is 0 Å². The molecule has 3 heteroatoms. The second kappa shape index (κ2) is 6.00. The van der Waals surface area contributed by atoms with Gasteiger partial charge in [-0.3, -0.25) is 0 Å². The Kier molecular flexibility index (Phi) is 4.29. The zero-order valence-corrected chi connectivity index (χ0v) is 14.1. The Morgan fingerprint density at radius 1 is 1.15 bits per heavy atom. The highest BCUT2D eigenvalue weighted by atomic mass is 79.9. The molecule has 0 amide bonds. The molecule has 0 saturated heterocycles. The first kappa shape index (κ1) is 14.3. The fraction of sp³-hybridized carbons (Fsp3) is 0.412. The summed E-state index contributed by atoms with van der Waals surface area (Å²) in [6.07, 6.45) is 5.19. The minimum atomic E-state index is 0.236. The second-order valence-electron chi connectivity index (χ2n) is 5.63. The number of likely N-dealkylation sites (N-methyl/N-ethyl adjacent to an activating group) is 1. The van der Waals surface area contributed by atoms with Gasteiger partial charge >= 0.3 is 0 Å². The molecule has 106 valence electrons. The third kappa shape index (κ3) is 2.36. The van der Waals surface area contributed by atoms with Crippen molar-refractivity contribution in [2.45, 2.75) is 37.1 Å². The minimum absolute atomic E-state index is 0.236. The first-order valence-electron chi connectivity index (χ1n) is 7.22. The van der Waals surface area contributed by atoms with Crippen molar-refractivity contribution in [3.8, 4) is 0 Å². The van der Waals surface area contributed by atoms with Gasteiger partial charge in [0.2, 0.25) is 0 Å². The molecule has 1 aliphatic carbocycles. The van der Waals surface area contributed by atoms with Crippen LogP contribution in [0.3, 0.4) is 0 Å². The molecule has 2 aromatic rings. The smallest absolute Gasteiger partial charge is 0.0435 e. The number of halogens is 1. The molecule has 1 atom stereocenters. The topological polar surface area (TPSA) is 12.0 Å². The average Bonchev–Trinajstić information content (AvgIpc) is 3.12. The van der Waals surface area contributed by atoms with Gasteiger partial charge in [0, 0.05) is 21.3 Å². The van der Waals surface area contributed by atoms with Crippen molar-refractivity contribution in [3.63, 3.8) is 0 Å². The molecule has 1 unspecified atom stereocenters. The molecule has 1 saturated carbocycles. The largest absolute Gasteiger partial charge is 0.312 e. The summed E-state index contributed by atoms with van der Waals surface area (Å²) < 4.78 is 1.24. The van der Waals surface area contributed by atoms with Crippen LogP contribution in [0.1, 0.15) is 42.9 Å². The van der Waals surface area contributed by atoms with E-state index in [0.717, 1.165) is 0 Å². The first-order chi connectivity index (χ1) is 9.78. The quantitative estimate of drug-likeness (QED) is 0.791. The normalized spacial score (nSPS) is 19.1. The summed E-state index contributed by atoms with van der Waals surface area (Å²) in [7, 11) is 2.10. The lowest BCUT2D eigenvalue weighted by atomic mass is 9.71. The Balaban J connectivity index is 2.08. The van der Waals surface area contributed by atoms with E-state index in [0.29, 0.717) is 6.04 Å². The lowest BCUT2D eigenvalue weighted by molar-refractivity contribution is 0.315. The lowest BCUT2D eigenvalue weighted by Gasteiger charge is -2.38. The molecule has 1 N–H and O–H groups in total. The second-order valence-corrected chi connectivity index (χ2v) is 7.22. The number of thiophene rings is 1. The number of benzene rings is 1. The van der Waals surface area contributed by atoms with Gasteiger partial charge in [0.1, 0.15) is 0 Å². The van der Waals surface area contributed by atoms with Gasteiger partial charge in [0.15, 0.2) is 0 Å². The van der Waals surface area contributed by atoms with E-state index >= 15 is 0 Å². The number of hydrogen-bond donors (Lipinski definition) is 1. The molecule has 0 radical (unpaired) electrons. The van der Waals surface area contributed by atoms with Gasteiger partial charge in [-0.25, -0.2) is 0 Å². The third-order valence-electron chi connectivity index (χ3n) is 4.64. The molecule has 1 fully saturated rings. The van der Waals surface area contributed by atoms with Crippen LogP contribution in [-0.2, 0) is 5.41 Å². The fourth-order valence-electron chi connectivity index (χ4n) is 3.75. The van der Waals surface area contributed by atoms with Crippen molar-refractivity contribution in [2.75, 3.05) is 7.05 Å². The van der Waals surface area contributed by atoms with Crippen molar-refractivity contribution in [1.29, 1.82) is 0 Å². The molecular weight excluding hydrogens is 330 g/mol. The number of nitrogens with one attached hydrogen (secondary N) is 1. The van der Waals surface area contributed by atoms with Gasteiger partial charge in [-0.1, -0.05) is 43.2 Å². The molecule has 1 nitrogen and oxygen atoms in total. The summed E-state index contributed by atoms with van der Waals surface area (Å²) in [5, 5.41) is 8.08. The predicted octanol–water partition coefficient (Wildman–Crippen LogP) is 5.28. The minimum Gasteiger partial charge on any atom is -0.312 e. The maximum absolute atomic E-state index is 3.72. The molecule has 0 bridgehead atoms. The van der Waals surface area contributed by atoms with Crippen LogP contribution in [0.2, 0.25) is 0 Å². The molecule has 0 aliphatic heterocycles. The molecule has 0 spiro atoms. The first-order valence-corrected chi connectivity index (χ1v) is 8.96. The molecule has 3 rings (SSSR count). The molecule has 20 heavy (non-hydrogen) atoms. The van der Waals surface area contributed by atoms with Gasteiger partial charge in [0.25, 0.3) is 0 Å². The summed E-state index contributed by atoms with van der Waals surface area (Å²) in [6, 6.07) is 11.4. The fourth-order valence-corrected chi connectivity index (χ4v) is 5.30. The monoisotopic (exact) mass is 349 g/mol. The summed E-state index contributed by atoms with van der Waals surface area (Å²) >= 11 is 5.50. The zero-order chi connectivity index (χ0) is 14.0. The van der Waals surface area contributed by atoms with Crippen LogP contribution in [0.15, 0.2) is 45.6 Å². The number of rotatable bonds is 4. The van der Waals surface area contributed by atoms with E-state index in [1.807, 2.05) is 0 Å². The maximum Gasteiger partial charge on any atom is 0.0435 e. The van der Waals surface area contributed by atoms with Gasteiger partial charge in [0.05, 0.1) is 0 Å². The molecule has 1 aromatic heterocycles. The summed E-state index contributed by atoms with van der Waals surface area (Å²) in [5.41, 5.74) is 3.12. The Hall–Kier alpha value is -0.640. The predicted molar refractivity (Wildman–Crippen MR) is 90.4 cm³/mol. The Labute approximate surface area is 133 Å². The van der Waals surface area contributed by atoms with E-state index in [1.54, 1.807) is 11.3 Å². The van der Waals surface area contributed by atoms with Crippen molar-refractivity contribution in [3.05, 3.63) is 56.7 Å². The Morgan fingerprint density at radius 2 is 1.85 bits per heavy atom. The molecule has 1 heterocycles. The van der Waals surface area contributed by atoms with Crippen molar-refractivity contribution in [1.82, 2.24) is 5.32 Å². The van der Waals surface area contributed by atoms with Crippen LogP contribution in [0.5, 0.6) is 0 Å². The van der Waals surface area contributed by atoms with Crippen LogP contribution in [0.4, 0.5) is 0 Å². The highest BCUT2D eigenvalue weighted by Gasteiger charge is 2.43. The summed E-state index contributed by atoms with van der Waals surface area (Å²) in [5.74, 6) is 0. The van der Waals surface area contributed by atoms with Crippen molar-refractivity contribution in [2.24, 2.45) is 0 Å². The van der Waals surface area contributed by atoms with Gasteiger partial charge in [-0.2, -0.15) is 11.3 Å². The highest BCUT2D eigenvalue weighted by Crippen LogP contribution is 2.51. The summed E-state index contributed by atoms with van der Waals surface area (Å²) in [6.45, 7) is 0. The third-order valence-corrected chi connectivity index (χ3v) is 6.39. The Morgan fingerprint density at radius 3 is 2.40 bits per heavy atom. The highest BCUT2D eigenvalue weighted by molar-refractivity contribution is 9.10. The van der Waals surface area contributed by atoms with Crippen LogP contribution in [-0.4, -0.2) is 7.05 Å². The van der Waals surface area contributed by atoms with E-state index < -0.39 is 0 Å². The van der Waals surface area contributed by atoms with Gasteiger partial charge in [-0.05, 0) is 52.3 Å². The maximum atomic E-state index is 3.72. The van der Waals surface area contributed by atoms with E-state index in [2.05, 4.69) is 69.4 Å². The van der Waals surface area contributed by atoms with E-state index in [4.69, 9.17) is 0 Å². The van der Waals surface area contributed by atoms with Crippen LogP contribution in [0, 0.1) is 0 Å². The van der Waals surface area contributed by atoms with Crippen LogP contribution in [0.25, 0.3) is 0 Å². The number of hydrogen-bond acceptors (Lipinski definition) is 2. The lowest BCUT2D eigenvalue weighted by Crippen LogP contribution is -2.38. The average molecular weight is 350 g/mol.